The van der Waals surface area contributed by atoms with Crippen LogP contribution < -0.4 is 9.47 Å². The molecule has 0 radical (unpaired) electrons. The number of nitrogens with zero attached hydrogens (tertiary/aromatic N) is 1. The van der Waals surface area contributed by atoms with Crippen LogP contribution in [-0.4, -0.2) is 25.1 Å². The molecule has 0 bridgehead atoms. The largest absolute Gasteiger partial charge is 0.490 e. The van der Waals surface area contributed by atoms with Gasteiger partial charge in [-0.25, -0.2) is 9.79 Å². The molecule has 0 fully saturated rings. The molecule has 1 aliphatic heterocycles. The van der Waals surface area contributed by atoms with Crippen molar-refractivity contribution in [2.24, 2.45) is 4.99 Å². The van der Waals surface area contributed by atoms with Gasteiger partial charge in [0.05, 0.1) is 11.1 Å². The van der Waals surface area contributed by atoms with E-state index in [2.05, 4.69) is 27.5 Å². The lowest BCUT2D eigenvalue weighted by Crippen LogP contribution is -2.05. The number of aliphatic imine (C=N–C) groups is 1. The van der Waals surface area contributed by atoms with Gasteiger partial charge in [-0.15, -0.1) is 0 Å². The van der Waals surface area contributed by atoms with Gasteiger partial charge >= 0.3 is 5.97 Å². The third kappa shape index (κ3) is 5.23. The van der Waals surface area contributed by atoms with Crippen LogP contribution in [0.2, 0.25) is 0 Å². The van der Waals surface area contributed by atoms with Crippen LogP contribution in [0.1, 0.15) is 18.1 Å². The number of hydrogen-bond donors (Lipinski definition) is 0. The highest BCUT2D eigenvalue weighted by Crippen LogP contribution is 2.38. The third-order valence-corrected chi connectivity index (χ3v) is 5.43. The highest BCUT2D eigenvalue weighted by atomic mass is 79.9. The smallest absolute Gasteiger partial charge is 0.363 e. The van der Waals surface area contributed by atoms with Crippen molar-refractivity contribution in [2.45, 2.75) is 6.92 Å². The fourth-order valence-corrected chi connectivity index (χ4v) is 3.92. The van der Waals surface area contributed by atoms with Gasteiger partial charge in [0.1, 0.15) is 6.61 Å². The van der Waals surface area contributed by atoms with Crippen LogP contribution in [0, 0.1) is 0 Å². The van der Waals surface area contributed by atoms with Gasteiger partial charge in [-0.2, -0.15) is 0 Å². The molecule has 1 heterocycles. The SMILES string of the molecule is C=CCOc1c(Br)cc(/C=C2\N=C(c3ccc(-c4ccccc4)cc3)OC2=O)cc1OCC. The first-order chi connectivity index (χ1) is 16.1. The molecule has 3 aromatic rings. The Kier molecular flexibility index (Phi) is 7.05. The van der Waals surface area contributed by atoms with E-state index in [1.165, 1.54) is 0 Å². The molecule has 33 heavy (non-hydrogen) atoms. The second-order valence-corrected chi connectivity index (χ2v) is 8.00. The Balaban J connectivity index is 1.61. The maximum absolute atomic E-state index is 12.5. The normalized spacial score (nSPS) is 14.1. The minimum Gasteiger partial charge on any atom is -0.490 e. The Morgan fingerprint density at radius 3 is 2.39 bits per heavy atom. The van der Waals surface area contributed by atoms with E-state index in [1.54, 1.807) is 18.2 Å². The summed E-state index contributed by atoms with van der Waals surface area (Å²) >= 11 is 3.52. The summed E-state index contributed by atoms with van der Waals surface area (Å²) in [5.41, 5.74) is 3.87. The Morgan fingerprint density at radius 2 is 1.70 bits per heavy atom. The van der Waals surface area contributed by atoms with E-state index in [4.69, 9.17) is 14.2 Å². The quantitative estimate of drug-likeness (QED) is 0.202. The number of halogens is 1. The average molecular weight is 504 g/mol. The van der Waals surface area contributed by atoms with Gasteiger partial charge in [0.25, 0.3) is 0 Å². The first-order valence-corrected chi connectivity index (χ1v) is 11.3. The lowest BCUT2D eigenvalue weighted by atomic mass is 10.0. The summed E-state index contributed by atoms with van der Waals surface area (Å²) in [5.74, 6) is 0.919. The summed E-state index contributed by atoms with van der Waals surface area (Å²) in [7, 11) is 0. The molecule has 0 aliphatic carbocycles. The number of rotatable bonds is 8. The van der Waals surface area contributed by atoms with Crippen LogP contribution in [-0.2, 0) is 9.53 Å². The molecule has 3 aromatic carbocycles. The predicted molar refractivity (Wildman–Crippen MR) is 133 cm³/mol. The van der Waals surface area contributed by atoms with Crippen molar-refractivity contribution in [3.8, 4) is 22.6 Å². The Hall–Kier alpha value is -3.64. The molecule has 0 unspecified atom stereocenters. The van der Waals surface area contributed by atoms with Crippen LogP contribution >= 0.6 is 15.9 Å². The second kappa shape index (κ2) is 10.3. The average Bonchev–Trinajstić information content (AvgIpc) is 3.19. The van der Waals surface area contributed by atoms with Crippen molar-refractivity contribution >= 4 is 33.9 Å². The number of carbonyl (C=O) groups excluding carboxylic acids is 1. The highest BCUT2D eigenvalue weighted by Gasteiger charge is 2.24. The van der Waals surface area contributed by atoms with Crippen LogP contribution in [0.3, 0.4) is 0 Å². The lowest BCUT2D eigenvalue weighted by molar-refractivity contribution is -0.129. The van der Waals surface area contributed by atoms with E-state index in [9.17, 15) is 4.79 Å². The maximum Gasteiger partial charge on any atom is 0.363 e. The van der Waals surface area contributed by atoms with E-state index in [0.29, 0.717) is 29.2 Å². The summed E-state index contributed by atoms with van der Waals surface area (Å²) in [5, 5.41) is 0. The van der Waals surface area contributed by atoms with Crippen LogP contribution in [0.25, 0.3) is 17.2 Å². The van der Waals surface area contributed by atoms with Gasteiger partial charge in [0, 0.05) is 5.56 Å². The van der Waals surface area contributed by atoms with Gasteiger partial charge in [0.2, 0.25) is 5.90 Å². The molecule has 0 saturated carbocycles. The Bertz CT molecular complexity index is 1230. The number of hydrogen-bond acceptors (Lipinski definition) is 5. The Morgan fingerprint density at radius 1 is 1.00 bits per heavy atom. The third-order valence-electron chi connectivity index (χ3n) is 4.84. The van der Waals surface area contributed by atoms with E-state index in [-0.39, 0.29) is 11.6 Å². The minimum atomic E-state index is -0.502. The molecule has 5 nitrogen and oxygen atoms in total. The summed E-state index contributed by atoms with van der Waals surface area (Å²) in [6.07, 6.45) is 3.33. The fraction of sp³-hybridized carbons (Fsp3) is 0.111. The summed E-state index contributed by atoms with van der Waals surface area (Å²) < 4.78 is 17.5. The number of carbonyl (C=O) groups is 1. The van der Waals surface area contributed by atoms with Gasteiger partial charge in [0.15, 0.2) is 17.2 Å². The van der Waals surface area contributed by atoms with Crippen molar-refractivity contribution in [3.05, 3.63) is 101 Å². The van der Waals surface area contributed by atoms with Gasteiger partial charge in [-0.3, -0.25) is 0 Å². The van der Waals surface area contributed by atoms with Crippen molar-refractivity contribution in [1.82, 2.24) is 0 Å². The van der Waals surface area contributed by atoms with E-state index in [0.717, 1.165) is 22.3 Å². The van der Waals surface area contributed by atoms with Crippen molar-refractivity contribution in [1.29, 1.82) is 0 Å². The van der Waals surface area contributed by atoms with E-state index < -0.39 is 5.97 Å². The minimum absolute atomic E-state index is 0.214. The fourth-order valence-electron chi connectivity index (χ4n) is 3.34. The first kappa shape index (κ1) is 22.6. The molecular formula is C27H22BrNO4. The van der Waals surface area contributed by atoms with E-state index >= 15 is 0 Å². The lowest BCUT2D eigenvalue weighted by Gasteiger charge is -2.13. The van der Waals surface area contributed by atoms with Gasteiger partial charge < -0.3 is 14.2 Å². The number of ether oxygens (including phenoxy) is 3. The second-order valence-electron chi connectivity index (χ2n) is 7.14. The van der Waals surface area contributed by atoms with Crippen LogP contribution in [0.5, 0.6) is 11.5 Å². The zero-order chi connectivity index (χ0) is 23.2. The summed E-state index contributed by atoms with van der Waals surface area (Å²) in [4.78, 5) is 16.9. The molecule has 0 spiro atoms. The molecule has 0 N–H and O–H groups in total. The number of cyclic esters (lactones) is 1. The predicted octanol–water partition coefficient (Wildman–Crippen LogP) is 6.42. The molecule has 0 amide bonds. The molecular weight excluding hydrogens is 482 g/mol. The molecule has 4 rings (SSSR count). The standard InChI is InChI=1S/C27H22BrNO4/c1-3-14-32-25-22(28)15-18(17-24(25)31-4-2)16-23-27(30)33-26(29-23)21-12-10-20(11-13-21)19-8-6-5-7-9-19/h3,5-13,15-17H,1,4,14H2,2H3/b23-16-. The maximum atomic E-state index is 12.5. The van der Waals surface area contributed by atoms with Crippen molar-refractivity contribution < 1.29 is 19.0 Å². The van der Waals surface area contributed by atoms with Crippen molar-refractivity contribution in [2.75, 3.05) is 13.2 Å². The monoisotopic (exact) mass is 503 g/mol. The first-order valence-electron chi connectivity index (χ1n) is 10.5. The van der Waals surface area contributed by atoms with Crippen LogP contribution in [0.15, 0.2) is 94.5 Å². The molecule has 0 aromatic heterocycles. The van der Waals surface area contributed by atoms with Gasteiger partial charge in [-0.1, -0.05) is 55.1 Å². The summed E-state index contributed by atoms with van der Waals surface area (Å²) in [6, 6.07) is 21.5. The molecule has 0 saturated heterocycles. The topological polar surface area (TPSA) is 57.1 Å². The zero-order valence-electron chi connectivity index (χ0n) is 18.1. The van der Waals surface area contributed by atoms with Crippen molar-refractivity contribution in [3.63, 3.8) is 0 Å². The number of esters is 1. The molecule has 166 valence electrons. The summed E-state index contributed by atoms with van der Waals surface area (Å²) in [6.45, 7) is 6.39. The van der Waals surface area contributed by atoms with Crippen LogP contribution in [0.4, 0.5) is 0 Å². The van der Waals surface area contributed by atoms with E-state index in [1.807, 2.05) is 67.6 Å². The molecule has 1 aliphatic rings. The van der Waals surface area contributed by atoms with Gasteiger partial charge in [-0.05, 0) is 69.9 Å². The molecule has 0 atom stereocenters. The highest BCUT2D eigenvalue weighted by molar-refractivity contribution is 9.10. The molecule has 6 heteroatoms. The Labute approximate surface area is 201 Å². The number of benzene rings is 3. The zero-order valence-corrected chi connectivity index (χ0v) is 19.7.